The summed E-state index contributed by atoms with van der Waals surface area (Å²) in [6, 6.07) is 2.05. The van der Waals surface area contributed by atoms with Gasteiger partial charge in [0.15, 0.2) is 5.75 Å². The number of rotatable bonds is 7. The third-order valence-electron chi connectivity index (χ3n) is 2.70. The highest BCUT2D eigenvalue weighted by molar-refractivity contribution is 9.10. The van der Waals surface area contributed by atoms with Crippen LogP contribution < -0.4 is 9.46 Å². The number of carboxylic acids is 1. The highest BCUT2D eigenvalue weighted by Gasteiger charge is 2.26. The number of ether oxygens (including phenoxy) is 1. The van der Waals surface area contributed by atoms with Crippen molar-refractivity contribution in [2.24, 2.45) is 0 Å². The van der Waals surface area contributed by atoms with Gasteiger partial charge in [0, 0.05) is 11.1 Å². The van der Waals surface area contributed by atoms with Gasteiger partial charge < -0.3 is 9.84 Å². The maximum Gasteiger partial charge on any atom is 0.304 e. The number of carboxylic acid groups (broad SMARTS) is 1. The first kappa shape index (κ1) is 18.2. The molecule has 0 bridgehead atoms. The molecule has 21 heavy (non-hydrogen) atoms. The van der Waals surface area contributed by atoms with Crippen LogP contribution in [-0.4, -0.2) is 32.6 Å². The van der Waals surface area contributed by atoms with Crippen LogP contribution in [0, 0.1) is 0 Å². The molecule has 9 heteroatoms. The molecule has 0 amide bonds. The maximum absolute atomic E-state index is 12.4. The molecule has 2 N–H and O–H groups in total. The van der Waals surface area contributed by atoms with Crippen LogP contribution in [0.15, 0.2) is 21.5 Å². The van der Waals surface area contributed by atoms with E-state index in [1.807, 2.05) is 0 Å². The summed E-state index contributed by atoms with van der Waals surface area (Å²) >= 11 is 9.05. The molecule has 1 unspecified atom stereocenters. The van der Waals surface area contributed by atoms with Gasteiger partial charge in [-0.05, 0) is 34.5 Å². The van der Waals surface area contributed by atoms with Crippen molar-refractivity contribution in [3.63, 3.8) is 0 Å². The Labute approximate surface area is 136 Å². The van der Waals surface area contributed by atoms with Crippen molar-refractivity contribution in [1.29, 1.82) is 0 Å². The smallest absolute Gasteiger partial charge is 0.304 e. The number of hydrogen-bond acceptors (Lipinski definition) is 4. The second-order valence-corrected chi connectivity index (χ2v) is 7.22. The summed E-state index contributed by atoms with van der Waals surface area (Å²) in [6.45, 7) is 1.70. The molecular formula is C12H15BrClNO5S. The van der Waals surface area contributed by atoms with E-state index >= 15 is 0 Å². The van der Waals surface area contributed by atoms with Crippen LogP contribution in [0.25, 0.3) is 0 Å². The van der Waals surface area contributed by atoms with E-state index < -0.39 is 22.0 Å². The zero-order chi connectivity index (χ0) is 16.2. The predicted octanol–water partition coefficient (Wildman–Crippen LogP) is 2.64. The van der Waals surface area contributed by atoms with Crippen LogP contribution in [-0.2, 0) is 14.8 Å². The van der Waals surface area contributed by atoms with Gasteiger partial charge in [-0.15, -0.1) is 0 Å². The van der Waals surface area contributed by atoms with Crippen molar-refractivity contribution in [3.8, 4) is 5.75 Å². The largest absolute Gasteiger partial charge is 0.494 e. The molecule has 1 aromatic carbocycles. The lowest BCUT2D eigenvalue weighted by molar-refractivity contribution is -0.137. The SMILES string of the molecule is CCC(CC(=O)O)NS(=O)(=O)c1cc(Cl)cc(Br)c1OC. The average molecular weight is 401 g/mol. The fourth-order valence-electron chi connectivity index (χ4n) is 1.70. The molecule has 0 aliphatic rings. The van der Waals surface area contributed by atoms with E-state index in [4.69, 9.17) is 21.4 Å². The molecule has 0 aliphatic carbocycles. The van der Waals surface area contributed by atoms with E-state index in [9.17, 15) is 13.2 Å². The van der Waals surface area contributed by atoms with Gasteiger partial charge in [0.05, 0.1) is 18.0 Å². The van der Waals surface area contributed by atoms with Gasteiger partial charge in [0.2, 0.25) is 10.0 Å². The van der Waals surface area contributed by atoms with E-state index in [2.05, 4.69) is 20.7 Å². The lowest BCUT2D eigenvalue weighted by atomic mass is 10.2. The van der Waals surface area contributed by atoms with Crippen molar-refractivity contribution in [2.75, 3.05) is 7.11 Å². The second-order valence-electron chi connectivity index (χ2n) is 4.24. The molecule has 0 saturated carbocycles. The first-order chi connectivity index (χ1) is 9.71. The monoisotopic (exact) mass is 399 g/mol. The van der Waals surface area contributed by atoms with Gasteiger partial charge in [-0.3, -0.25) is 4.79 Å². The molecule has 0 aromatic heterocycles. The number of methoxy groups -OCH3 is 1. The molecule has 1 rings (SSSR count). The maximum atomic E-state index is 12.4. The number of nitrogens with one attached hydrogen (secondary N) is 1. The summed E-state index contributed by atoms with van der Waals surface area (Å²) in [6.07, 6.45) is 0.0371. The molecule has 118 valence electrons. The Balaban J connectivity index is 3.21. The summed E-state index contributed by atoms with van der Waals surface area (Å²) in [5.74, 6) is -0.971. The molecular weight excluding hydrogens is 386 g/mol. The predicted molar refractivity (Wildman–Crippen MR) is 82.4 cm³/mol. The molecule has 1 aromatic rings. The minimum absolute atomic E-state index is 0.108. The normalized spacial score (nSPS) is 13.0. The minimum atomic E-state index is -3.96. The van der Waals surface area contributed by atoms with Crippen LogP contribution in [0.2, 0.25) is 5.02 Å². The number of halogens is 2. The summed E-state index contributed by atoms with van der Waals surface area (Å²) in [5.41, 5.74) is 0. The third-order valence-corrected chi connectivity index (χ3v) is 5.04. The minimum Gasteiger partial charge on any atom is -0.494 e. The van der Waals surface area contributed by atoms with E-state index in [0.29, 0.717) is 10.9 Å². The van der Waals surface area contributed by atoms with E-state index in [0.717, 1.165) is 0 Å². The topological polar surface area (TPSA) is 92.7 Å². The summed E-state index contributed by atoms with van der Waals surface area (Å²) in [7, 11) is -2.62. The van der Waals surface area contributed by atoms with E-state index in [1.165, 1.54) is 19.2 Å². The van der Waals surface area contributed by atoms with Crippen LogP contribution >= 0.6 is 27.5 Å². The molecule has 0 aliphatic heterocycles. The standard InChI is InChI=1S/C12H15BrClNO5S/c1-3-8(6-11(16)17)15-21(18,19)10-5-7(14)4-9(13)12(10)20-2/h4-5,8,15H,3,6H2,1-2H3,(H,16,17). The van der Waals surface area contributed by atoms with Crippen molar-refractivity contribution in [1.82, 2.24) is 4.72 Å². The first-order valence-corrected chi connectivity index (χ1v) is 8.63. The lowest BCUT2D eigenvalue weighted by Crippen LogP contribution is -2.36. The van der Waals surface area contributed by atoms with E-state index in [-0.39, 0.29) is 22.1 Å². The van der Waals surface area contributed by atoms with E-state index in [1.54, 1.807) is 6.92 Å². The highest BCUT2D eigenvalue weighted by atomic mass is 79.9. The highest BCUT2D eigenvalue weighted by Crippen LogP contribution is 2.35. The Hall–Kier alpha value is -0.830. The quantitative estimate of drug-likeness (QED) is 0.734. The number of carbonyl (C=O) groups is 1. The van der Waals surface area contributed by atoms with Crippen LogP contribution in [0.1, 0.15) is 19.8 Å². The lowest BCUT2D eigenvalue weighted by Gasteiger charge is -2.17. The Bertz CT molecular complexity index is 635. The molecule has 0 heterocycles. The summed E-state index contributed by atoms with van der Waals surface area (Å²) in [4.78, 5) is 10.6. The number of sulfonamides is 1. The average Bonchev–Trinajstić information content (AvgIpc) is 2.36. The zero-order valence-electron chi connectivity index (χ0n) is 11.4. The zero-order valence-corrected chi connectivity index (χ0v) is 14.5. The summed E-state index contributed by atoms with van der Waals surface area (Å²) in [5, 5.41) is 9.00. The first-order valence-electron chi connectivity index (χ1n) is 5.98. The molecule has 0 saturated heterocycles. The van der Waals surface area contributed by atoms with Crippen molar-refractivity contribution < 1.29 is 23.1 Å². The fourth-order valence-corrected chi connectivity index (χ4v) is 4.40. The fraction of sp³-hybridized carbons (Fsp3) is 0.417. The van der Waals surface area contributed by atoms with Crippen LogP contribution in [0.3, 0.4) is 0 Å². The molecule has 0 radical (unpaired) electrons. The Morgan fingerprint density at radius 2 is 2.14 bits per heavy atom. The van der Waals surface area contributed by atoms with Gasteiger partial charge >= 0.3 is 5.97 Å². The Morgan fingerprint density at radius 3 is 2.62 bits per heavy atom. The third kappa shape index (κ3) is 4.84. The van der Waals surface area contributed by atoms with Gasteiger partial charge in [-0.2, -0.15) is 0 Å². The van der Waals surface area contributed by atoms with Crippen molar-refractivity contribution >= 4 is 43.5 Å². The van der Waals surface area contributed by atoms with Crippen LogP contribution in [0.5, 0.6) is 5.75 Å². The number of aliphatic carboxylic acids is 1. The number of benzene rings is 1. The van der Waals surface area contributed by atoms with Crippen molar-refractivity contribution in [2.45, 2.75) is 30.7 Å². The Morgan fingerprint density at radius 1 is 1.52 bits per heavy atom. The van der Waals surface area contributed by atoms with Gasteiger partial charge in [0.25, 0.3) is 0 Å². The molecule has 1 atom stereocenters. The van der Waals surface area contributed by atoms with Gasteiger partial charge in [-0.1, -0.05) is 18.5 Å². The number of hydrogen-bond donors (Lipinski definition) is 2. The summed E-state index contributed by atoms with van der Waals surface area (Å²) < 4.78 is 32.6. The van der Waals surface area contributed by atoms with Gasteiger partial charge in [-0.25, -0.2) is 13.1 Å². The molecule has 6 nitrogen and oxygen atoms in total. The molecule has 0 fully saturated rings. The van der Waals surface area contributed by atoms with Crippen LogP contribution in [0.4, 0.5) is 0 Å². The second kappa shape index (κ2) is 7.44. The van der Waals surface area contributed by atoms with Crippen molar-refractivity contribution in [3.05, 3.63) is 21.6 Å². The van der Waals surface area contributed by atoms with Gasteiger partial charge in [0.1, 0.15) is 4.90 Å². The molecule has 0 spiro atoms. The Kier molecular flexibility index (Phi) is 6.45.